The Hall–Kier alpha value is -4.29. The lowest BCUT2D eigenvalue weighted by Gasteiger charge is -2.37. The van der Waals surface area contributed by atoms with Crippen molar-refractivity contribution in [3.05, 3.63) is 120 Å². The predicted octanol–water partition coefficient (Wildman–Crippen LogP) is 6.91. The first-order valence-electron chi connectivity index (χ1n) is 13.3. The molecule has 1 fully saturated rings. The van der Waals surface area contributed by atoms with Crippen molar-refractivity contribution in [2.75, 3.05) is 26.3 Å². The molecule has 4 aromatic rings. The Balaban J connectivity index is 1.17. The van der Waals surface area contributed by atoms with Crippen LogP contribution in [0.2, 0.25) is 0 Å². The monoisotopic (exact) mass is 523 g/mol. The van der Waals surface area contributed by atoms with Gasteiger partial charge >= 0.3 is 6.09 Å². The number of rotatable bonds is 10. The van der Waals surface area contributed by atoms with Gasteiger partial charge in [-0.1, -0.05) is 66.7 Å². The summed E-state index contributed by atoms with van der Waals surface area (Å²) < 4.78 is 17.9. The van der Waals surface area contributed by atoms with Gasteiger partial charge in [0.05, 0.1) is 19.3 Å². The Morgan fingerprint density at radius 1 is 0.821 bits per heavy atom. The van der Waals surface area contributed by atoms with Gasteiger partial charge in [-0.15, -0.1) is 0 Å². The molecule has 0 aromatic heterocycles. The zero-order chi connectivity index (χ0) is 26.9. The molecule has 4 aromatic carbocycles. The summed E-state index contributed by atoms with van der Waals surface area (Å²) in [7, 11) is 0. The molecule has 39 heavy (non-hydrogen) atoms. The number of fused-ring (bicyclic) bond motifs is 1. The van der Waals surface area contributed by atoms with E-state index in [-0.39, 0.29) is 12.0 Å². The summed E-state index contributed by atoms with van der Waals surface area (Å²) in [5.74, 6) is 1.72. The van der Waals surface area contributed by atoms with Crippen LogP contribution in [-0.2, 0) is 11.3 Å². The summed E-state index contributed by atoms with van der Waals surface area (Å²) in [5.41, 5.74) is 2.20. The second-order valence-corrected chi connectivity index (χ2v) is 9.63. The van der Waals surface area contributed by atoms with Crippen molar-refractivity contribution in [3.8, 4) is 11.5 Å². The fourth-order valence-electron chi connectivity index (χ4n) is 4.93. The van der Waals surface area contributed by atoms with E-state index in [9.17, 15) is 9.90 Å². The number of hydrogen-bond donors (Lipinski definition) is 1. The third-order valence-electron chi connectivity index (χ3n) is 7.02. The van der Waals surface area contributed by atoms with Gasteiger partial charge in [0.15, 0.2) is 0 Å². The molecule has 0 aliphatic carbocycles. The quantitative estimate of drug-likeness (QED) is 0.229. The fraction of sp³-hybridized carbons (Fsp3) is 0.242. The summed E-state index contributed by atoms with van der Waals surface area (Å²) in [5, 5.41) is 11.9. The van der Waals surface area contributed by atoms with Crippen LogP contribution in [0.1, 0.15) is 23.5 Å². The van der Waals surface area contributed by atoms with E-state index in [1.54, 1.807) is 0 Å². The smallest absolute Gasteiger partial charge is 0.407 e. The molecule has 0 spiro atoms. The number of hydrogen-bond acceptors (Lipinski definition) is 4. The molecule has 5 rings (SSSR count). The molecule has 1 saturated heterocycles. The van der Waals surface area contributed by atoms with Crippen LogP contribution < -0.4 is 9.47 Å². The van der Waals surface area contributed by atoms with Crippen molar-refractivity contribution in [2.24, 2.45) is 0 Å². The third kappa shape index (κ3) is 7.18. The first-order chi connectivity index (χ1) is 19.2. The molecule has 0 bridgehead atoms. The number of para-hydroxylation sites is 1. The maximum atomic E-state index is 11.7. The number of ether oxygens (including phenoxy) is 3. The SMILES string of the molecule is O=C(O)N1CCC(c2ccc(OC/C=C\COc3ccccc3)cc2)C(OCc2ccc3ccccc3c2)C1. The molecule has 1 heterocycles. The molecule has 200 valence electrons. The molecule has 1 aliphatic heterocycles. The fourth-order valence-corrected chi connectivity index (χ4v) is 4.93. The highest BCUT2D eigenvalue weighted by molar-refractivity contribution is 5.82. The lowest BCUT2D eigenvalue weighted by Crippen LogP contribution is -2.46. The van der Waals surface area contributed by atoms with Gasteiger partial charge in [0.25, 0.3) is 0 Å². The summed E-state index contributed by atoms with van der Waals surface area (Å²) in [4.78, 5) is 13.1. The van der Waals surface area contributed by atoms with Gasteiger partial charge in [-0.3, -0.25) is 0 Å². The summed E-state index contributed by atoms with van der Waals surface area (Å²) in [6, 6.07) is 32.3. The second kappa shape index (κ2) is 13.0. The maximum absolute atomic E-state index is 11.7. The van der Waals surface area contributed by atoms with E-state index in [0.717, 1.165) is 22.6 Å². The number of carbonyl (C=O) groups is 1. The minimum atomic E-state index is -0.904. The molecule has 2 atom stereocenters. The minimum Gasteiger partial charge on any atom is -0.490 e. The van der Waals surface area contributed by atoms with Gasteiger partial charge in [-0.05, 0) is 70.8 Å². The van der Waals surface area contributed by atoms with E-state index in [0.29, 0.717) is 39.3 Å². The lowest BCUT2D eigenvalue weighted by molar-refractivity contribution is -0.0199. The van der Waals surface area contributed by atoms with Gasteiger partial charge in [-0.25, -0.2) is 4.79 Å². The lowest BCUT2D eigenvalue weighted by atomic mass is 9.87. The van der Waals surface area contributed by atoms with E-state index in [1.165, 1.54) is 15.7 Å². The molecular formula is C33H33NO5. The average Bonchev–Trinajstić information content (AvgIpc) is 2.98. The Morgan fingerprint density at radius 3 is 2.21 bits per heavy atom. The third-order valence-corrected chi connectivity index (χ3v) is 7.02. The van der Waals surface area contributed by atoms with Crippen molar-refractivity contribution < 1.29 is 24.1 Å². The van der Waals surface area contributed by atoms with Crippen LogP contribution in [-0.4, -0.2) is 48.5 Å². The van der Waals surface area contributed by atoms with Crippen molar-refractivity contribution in [1.82, 2.24) is 4.90 Å². The van der Waals surface area contributed by atoms with E-state index < -0.39 is 6.09 Å². The molecule has 1 N–H and O–H groups in total. The van der Waals surface area contributed by atoms with Crippen molar-refractivity contribution in [3.63, 3.8) is 0 Å². The number of amides is 1. The molecule has 0 saturated carbocycles. The standard InChI is InChI=1S/C33H33NO5/c35-33(36)34-19-18-31(32(23-34)39-24-25-12-13-26-8-4-5-9-28(26)22-25)27-14-16-30(17-15-27)38-21-7-6-20-37-29-10-2-1-3-11-29/h1-17,22,31-32H,18-21,23-24H2,(H,35,36)/b7-6-. The number of piperidine rings is 1. The zero-order valence-corrected chi connectivity index (χ0v) is 21.8. The largest absolute Gasteiger partial charge is 0.490 e. The highest BCUT2D eigenvalue weighted by atomic mass is 16.5. The highest BCUT2D eigenvalue weighted by Gasteiger charge is 2.33. The molecule has 0 radical (unpaired) electrons. The molecular weight excluding hydrogens is 490 g/mol. The van der Waals surface area contributed by atoms with Crippen LogP contribution in [0, 0.1) is 0 Å². The van der Waals surface area contributed by atoms with Gasteiger partial charge in [-0.2, -0.15) is 0 Å². The normalized spacial score (nSPS) is 17.4. The Morgan fingerprint density at radius 2 is 1.49 bits per heavy atom. The number of nitrogens with zero attached hydrogens (tertiary/aromatic N) is 1. The molecule has 6 nitrogen and oxygen atoms in total. The first kappa shape index (κ1) is 26.3. The molecule has 1 aliphatic rings. The Bertz CT molecular complexity index is 1390. The minimum absolute atomic E-state index is 0.102. The average molecular weight is 524 g/mol. The van der Waals surface area contributed by atoms with Crippen LogP contribution in [0.25, 0.3) is 10.8 Å². The number of carboxylic acid groups (broad SMARTS) is 1. The van der Waals surface area contributed by atoms with Crippen LogP contribution in [0.4, 0.5) is 4.79 Å². The second-order valence-electron chi connectivity index (χ2n) is 9.63. The molecule has 1 amide bonds. The van der Waals surface area contributed by atoms with Crippen LogP contribution in [0.3, 0.4) is 0 Å². The molecule has 6 heteroatoms. The van der Waals surface area contributed by atoms with Crippen molar-refractivity contribution >= 4 is 16.9 Å². The van der Waals surface area contributed by atoms with Crippen molar-refractivity contribution in [2.45, 2.75) is 25.0 Å². The van der Waals surface area contributed by atoms with Gasteiger partial charge in [0.2, 0.25) is 0 Å². The zero-order valence-electron chi connectivity index (χ0n) is 21.8. The predicted molar refractivity (Wildman–Crippen MR) is 152 cm³/mol. The summed E-state index contributed by atoms with van der Waals surface area (Å²) >= 11 is 0. The van der Waals surface area contributed by atoms with E-state index in [4.69, 9.17) is 14.2 Å². The van der Waals surface area contributed by atoms with Gasteiger partial charge in [0.1, 0.15) is 24.7 Å². The number of likely N-dealkylation sites (tertiary alicyclic amines) is 1. The van der Waals surface area contributed by atoms with Crippen molar-refractivity contribution in [1.29, 1.82) is 0 Å². The Labute approximate surface area is 229 Å². The van der Waals surface area contributed by atoms with Gasteiger partial charge in [0, 0.05) is 12.5 Å². The van der Waals surface area contributed by atoms with Crippen LogP contribution in [0.5, 0.6) is 11.5 Å². The molecule has 2 unspecified atom stereocenters. The van der Waals surface area contributed by atoms with Crippen LogP contribution >= 0.6 is 0 Å². The maximum Gasteiger partial charge on any atom is 0.407 e. The van der Waals surface area contributed by atoms with E-state index in [2.05, 4.69) is 42.5 Å². The van der Waals surface area contributed by atoms with E-state index >= 15 is 0 Å². The van der Waals surface area contributed by atoms with Crippen LogP contribution in [0.15, 0.2) is 109 Å². The van der Waals surface area contributed by atoms with Gasteiger partial charge < -0.3 is 24.2 Å². The Kier molecular flexibility index (Phi) is 8.76. The topological polar surface area (TPSA) is 68.2 Å². The summed E-state index contributed by atoms with van der Waals surface area (Å²) in [6.07, 6.45) is 3.45. The van der Waals surface area contributed by atoms with E-state index in [1.807, 2.05) is 66.7 Å². The highest BCUT2D eigenvalue weighted by Crippen LogP contribution is 2.32. The first-order valence-corrected chi connectivity index (χ1v) is 13.3. The summed E-state index contributed by atoms with van der Waals surface area (Å²) in [6.45, 7) is 2.21. The number of benzene rings is 4.